The van der Waals surface area contributed by atoms with Crippen molar-refractivity contribution in [2.24, 2.45) is 7.05 Å². The first-order valence-electron chi connectivity index (χ1n) is 5.89. The van der Waals surface area contributed by atoms with Gasteiger partial charge in [-0.1, -0.05) is 12.1 Å². The number of nitrogens with zero attached hydrogens (tertiary/aromatic N) is 2. The van der Waals surface area contributed by atoms with Gasteiger partial charge >= 0.3 is 0 Å². The topological polar surface area (TPSA) is 48.3 Å². The molecule has 1 aliphatic heterocycles. The second kappa shape index (κ2) is 4.70. The summed E-state index contributed by atoms with van der Waals surface area (Å²) in [6.07, 6.45) is 3.74. The first kappa shape index (κ1) is 11.1. The number of rotatable bonds is 4. The van der Waals surface area contributed by atoms with Gasteiger partial charge in [-0.2, -0.15) is 0 Å². The molecule has 0 amide bonds. The Balaban J connectivity index is 1.64. The lowest BCUT2D eigenvalue weighted by Crippen LogP contribution is -2.16. The van der Waals surface area contributed by atoms with E-state index in [0.717, 1.165) is 36.0 Å². The van der Waals surface area contributed by atoms with E-state index in [1.807, 2.05) is 36.0 Å². The summed E-state index contributed by atoms with van der Waals surface area (Å²) >= 11 is 0. The number of benzene rings is 1. The first-order chi connectivity index (χ1) is 8.84. The summed E-state index contributed by atoms with van der Waals surface area (Å²) in [6, 6.07) is 5.94. The molecule has 0 aliphatic carbocycles. The van der Waals surface area contributed by atoms with Gasteiger partial charge in [-0.25, -0.2) is 4.98 Å². The molecule has 0 fully saturated rings. The minimum absolute atomic E-state index is 0.311. The highest BCUT2D eigenvalue weighted by Gasteiger charge is 2.16. The monoisotopic (exact) mass is 245 g/mol. The number of fused-ring (bicyclic) bond motifs is 1. The standard InChI is InChI=1S/C13H15N3O2/c1-16-6-5-15-12(16)8-14-7-10-3-2-4-11-13(10)18-9-17-11/h2-6,14H,7-9H2,1H3. The van der Waals surface area contributed by atoms with Gasteiger partial charge in [0.05, 0.1) is 6.54 Å². The highest BCUT2D eigenvalue weighted by Crippen LogP contribution is 2.35. The molecule has 2 heterocycles. The summed E-state index contributed by atoms with van der Waals surface area (Å²) in [5, 5.41) is 3.36. The highest BCUT2D eigenvalue weighted by atomic mass is 16.7. The summed E-state index contributed by atoms with van der Waals surface area (Å²) in [6.45, 7) is 1.78. The maximum atomic E-state index is 5.46. The minimum atomic E-state index is 0.311. The van der Waals surface area contributed by atoms with E-state index >= 15 is 0 Å². The van der Waals surface area contributed by atoms with E-state index in [4.69, 9.17) is 9.47 Å². The smallest absolute Gasteiger partial charge is 0.231 e. The molecule has 2 aromatic rings. The van der Waals surface area contributed by atoms with Crippen molar-refractivity contribution in [3.05, 3.63) is 42.0 Å². The number of para-hydroxylation sites is 1. The quantitative estimate of drug-likeness (QED) is 0.885. The van der Waals surface area contributed by atoms with Crippen LogP contribution in [0, 0.1) is 0 Å². The largest absolute Gasteiger partial charge is 0.454 e. The second-order valence-electron chi connectivity index (χ2n) is 4.21. The van der Waals surface area contributed by atoms with Crippen LogP contribution in [0.15, 0.2) is 30.6 Å². The third-order valence-corrected chi connectivity index (χ3v) is 3.00. The summed E-state index contributed by atoms with van der Waals surface area (Å²) in [4.78, 5) is 4.26. The lowest BCUT2D eigenvalue weighted by Gasteiger charge is -2.07. The molecular weight excluding hydrogens is 230 g/mol. The number of aryl methyl sites for hydroxylation is 1. The predicted molar refractivity (Wildman–Crippen MR) is 66.3 cm³/mol. The van der Waals surface area contributed by atoms with Gasteiger partial charge in [0.15, 0.2) is 11.5 Å². The number of ether oxygens (including phenoxy) is 2. The van der Waals surface area contributed by atoms with Crippen molar-refractivity contribution < 1.29 is 9.47 Å². The van der Waals surface area contributed by atoms with Crippen molar-refractivity contribution in [2.75, 3.05) is 6.79 Å². The van der Waals surface area contributed by atoms with Crippen LogP contribution in [0.5, 0.6) is 11.5 Å². The number of hydrogen-bond acceptors (Lipinski definition) is 4. The molecule has 0 spiro atoms. The molecule has 5 nitrogen and oxygen atoms in total. The molecule has 0 radical (unpaired) electrons. The summed E-state index contributed by atoms with van der Waals surface area (Å²) in [7, 11) is 1.99. The average molecular weight is 245 g/mol. The lowest BCUT2D eigenvalue weighted by molar-refractivity contribution is 0.173. The Morgan fingerprint density at radius 2 is 2.28 bits per heavy atom. The molecule has 1 aromatic carbocycles. The first-order valence-corrected chi connectivity index (χ1v) is 5.89. The Morgan fingerprint density at radius 1 is 1.33 bits per heavy atom. The van der Waals surface area contributed by atoms with Gasteiger partial charge in [0.25, 0.3) is 0 Å². The predicted octanol–water partition coefficient (Wildman–Crippen LogP) is 1.44. The van der Waals surface area contributed by atoms with E-state index in [1.165, 1.54) is 0 Å². The van der Waals surface area contributed by atoms with Gasteiger partial charge in [-0.05, 0) is 6.07 Å². The third-order valence-electron chi connectivity index (χ3n) is 3.00. The van der Waals surface area contributed by atoms with Crippen LogP contribution in [0.3, 0.4) is 0 Å². The normalized spacial score (nSPS) is 12.9. The van der Waals surface area contributed by atoms with Gasteiger partial charge in [0.2, 0.25) is 6.79 Å². The fourth-order valence-corrected chi connectivity index (χ4v) is 2.01. The van der Waals surface area contributed by atoms with Gasteiger partial charge < -0.3 is 19.4 Å². The molecule has 1 N–H and O–H groups in total. The number of nitrogens with one attached hydrogen (secondary N) is 1. The lowest BCUT2D eigenvalue weighted by atomic mass is 10.2. The molecule has 5 heteroatoms. The highest BCUT2D eigenvalue weighted by molar-refractivity contribution is 5.48. The van der Waals surface area contributed by atoms with Gasteiger partial charge in [-0.15, -0.1) is 0 Å². The Hall–Kier alpha value is -2.01. The Bertz CT molecular complexity index is 551. The molecule has 0 saturated heterocycles. The fourth-order valence-electron chi connectivity index (χ4n) is 2.01. The van der Waals surface area contributed by atoms with Crippen LogP contribution in [-0.2, 0) is 20.1 Å². The Morgan fingerprint density at radius 3 is 3.11 bits per heavy atom. The zero-order valence-corrected chi connectivity index (χ0v) is 10.2. The minimum Gasteiger partial charge on any atom is -0.454 e. The van der Waals surface area contributed by atoms with E-state index < -0.39 is 0 Å². The van der Waals surface area contributed by atoms with Crippen molar-refractivity contribution in [3.63, 3.8) is 0 Å². The van der Waals surface area contributed by atoms with E-state index in [1.54, 1.807) is 6.20 Å². The molecule has 0 bridgehead atoms. The Labute approximate surface area is 105 Å². The zero-order valence-electron chi connectivity index (χ0n) is 10.2. The van der Waals surface area contributed by atoms with E-state index in [9.17, 15) is 0 Å². The second-order valence-corrected chi connectivity index (χ2v) is 4.21. The average Bonchev–Trinajstić information content (AvgIpc) is 2.99. The van der Waals surface area contributed by atoms with Crippen LogP contribution >= 0.6 is 0 Å². The van der Waals surface area contributed by atoms with Crippen LogP contribution < -0.4 is 14.8 Å². The molecule has 0 unspecified atom stereocenters. The number of aromatic nitrogens is 2. The van der Waals surface area contributed by atoms with Crippen LogP contribution in [0.2, 0.25) is 0 Å². The zero-order chi connectivity index (χ0) is 12.4. The van der Waals surface area contributed by atoms with Crippen molar-refractivity contribution in [1.29, 1.82) is 0 Å². The summed E-state index contributed by atoms with van der Waals surface area (Å²) in [5.74, 6) is 2.69. The van der Waals surface area contributed by atoms with Crippen LogP contribution in [0.4, 0.5) is 0 Å². The van der Waals surface area contributed by atoms with E-state index in [-0.39, 0.29) is 0 Å². The maximum Gasteiger partial charge on any atom is 0.231 e. The van der Waals surface area contributed by atoms with Crippen LogP contribution in [-0.4, -0.2) is 16.3 Å². The molecule has 0 atom stereocenters. The maximum absolute atomic E-state index is 5.46. The third kappa shape index (κ3) is 2.04. The van der Waals surface area contributed by atoms with Crippen LogP contribution in [0.1, 0.15) is 11.4 Å². The molecular formula is C13H15N3O2. The summed E-state index contributed by atoms with van der Waals surface area (Å²) < 4.78 is 12.8. The Kier molecular flexibility index (Phi) is 2.90. The SMILES string of the molecule is Cn1ccnc1CNCc1cccc2c1OCO2. The molecule has 1 aliphatic rings. The molecule has 1 aromatic heterocycles. The molecule has 18 heavy (non-hydrogen) atoms. The van der Waals surface area contributed by atoms with Crippen molar-refractivity contribution >= 4 is 0 Å². The molecule has 3 rings (SSSR count). The molecule has 94 valence electrons. The van der Waals surface area contributed by atoms with Crippen molar-refractivity contribution in [1.82, 2.24) is 14.9 Å². The summed E-state index contributed by atoms with van der Waals surface area (Å²) in [5.41, 5.74) is 1.11. The van der Waals surface area contributed by atoms with Crippen LogP contribution in [0.25, 0.3) is 0 Å². The fraction of sp³-hybridized carbons (Fsp3) is 0.308. The molecule has 0 saturated carbocycles. The van der Waals surface area contributed by atoms with E-state index in [0.29, 0.717) is 6.79 Å². The van der Waals surface area contributed by atoms with Gasteiger partial charge in [-0.3, -0.25) is 0 Å². The van der Waals surface area contributed by atoms with Crippen molar-refractivity contribution in [3.8, 4) is 11.5 Å². The van der Waals surface area contributed by atoms with E-state index in [2.05, 4.69) is 10.3 Å². The number of hydrogen-bond donors (Lipinski definition) is 1. The van der Waals surface area contributed by atoms with Crippen molar-refractivity contribution in [2.45, 2.75) is 13.1 Å². The number of imidazole rings is 1. The van der Waals surface area contributed by atoms with Gasteiger partial charge in [0, 0.05) is 31.5 Å². The van der Waals surface area contributed by atoms with Gasteiger partial charge in [0.1, 0.15) is 5.82 Å².